The Balaban J connectivity index is 1.45. The monoisotopic (exact) mass is 360 g/mol. The Labute approximate surface area is 153 Å². The number of methoxy groups -OCH3 is 1. The van der Waals surface area contributed by atoms with Gasteiger partial charge in [0.2, 0.25) is 0 Å². The van der Waals surface area contributed by atoms with Crippen molar-refractivity contribution >= 4 is 5.69 Å². The van der Waals surface area contributed by atoms with E-state index in [-0.39, 0.29) is 12.4 Å². The summed E-state index contributed by atoms with van der Waals surface area (Å²) >= 11 is 0. The van der Waals surface area contributed by atoms with Crippen LogP contribution in [0.4, 0.5) is 10.1 Å². The molecule has 0 radical (unpaired) electrons. The molecule has 26 heavy (non-hydrogen) atoms. The van der Waals surface area contributed by atoms with E-state index in [4.69, 9.17) is 9.47 Å². The van der Waals surface area contributed by atoms with E-state index in [1.54, 1.807) is 19.2 Å². The fourth-order valence-electron chi connectivity index (χ4n) is 3.15. The number of benzene rings is 2. The lowest BCUT2D eigenvalue weighted by molar-refractivity contribution is 0.0653. The Morgan fingerprint density at radius 1 is 1.00 bits per heavy atom. The van der Waals surface area contributed by atoms with E-state index in [9.17, 15) is 9.50 Å². The fraction of sp³-hybridized carbons (Fsp3) is 0.400. The SMILES string of the molecule is COc1ccccc1OC[C@@H](O)CN1CCN(c2ccccc2F)CC1. The highest BCUT2D eigenvalue weighted by Gasteiger charge is 2.21. The molecule has 5 nitrogen and oxygen atoms in total. The van der Waals surface area contributed by atoms with Crippen LogP contribution >= 0.6 is 0 Å². The highest BCUT2D eigenvalue weighted by atomic mass is 19.1. The first-order valence-corrected chi connectivity index (χ1v) is 8.83. The lowest BCUT2D eigenvalue weighted by Gasteiger charge is -2.36. The molecule has 1 heterocycles. The number of β-amino-alcohol motifs (C(OH)–C–C–N with tert-alkyl or cyclic N) is 1. The average molecular weight is 360 g/mol. The van der Waals surface area contributed by atoms with Gasteiger partial charge in [-0.05, 0) is 24.3 Å². The lowest BCUT2D eigenvalue weighted by atomic mass is 10.2. The van der Waals surface area contributed by atoms with Gasteiger partial charge in [-0.1, -0.05) is 24.3 Å². The Kier molecular flexibility index (Phi) is 6.30. The van der Waals surface area contributed by atoms with Crippen LogP contribution in [0.3, 0.4) is 0 Å². The summed E-state index contributed by atoms with van der Waals surface area (Å²) in [7, 11) is 1.59. The molecular formula is C20H25FN2O3. The second-order valence-electron chi connectivity index (χ2n) is 6.35. The number of halogens is 1. The maximum atomic E-state index is 13.9. The second-order valence-corrected chi connectivity index (χ2v) is 6.35. The minimum atomic E-state index is -0.597. The summed E-state index contributed by atoms with van der Waals surface area (Å²) in [5, 5.41) is 10.3. The van der Waals surface area contributed by atoms with Gasteiger partial charge in [0, 0.05) is 32.7 Å². The molecule has 2 aromatic rings. The van der Waals surface area contributed by atoms with Crippen LogP contribution in [0.5, 0.6) is 11.5 Å². The van der Waals surface area contributed by atoms with Crippen molar-refractivity contribution in [2.45, 2.75) is 6.10 Å². The number of para-hydroxylation sites is 3. The molecule has 0 bridgehead atoms. The van der Waals surface area contributed by atoms with E-state index in [0.717, 1.165) is 26.2 Å². The first-order chi connectivity index (χ1) is 12.7. The molecule has 1 aliphatic heterocycles. The van der Waals surface area contributed by atoms with Crippen LogP contribution in [0.2, 0.25) is 0 Å². The van der Waals surface area contributed by atoms with Gasteiger partial charge in [-0.2, -0.15) is 0 Å². The Morgan fingerprint density at radius 2 is 1.65 bits per heavy atom. The van der Waals surface area contributed by atoms with Gasteiger partial charge in [0.25, 0.3) is 0 Å². The Hall–Kier alpha value is -2.31. The van der Waals surface area contributed by atoms with Crippen LogP contribution < -0.4 is 14.4 Å². The first-order valence-electron chi connectivity index (χ1n) is 8.83. The van der Waals surface area contributed by atoms with Crippen LogP contribution in [0, 0.1) is 5.82 Å². The van der Waals surface area contributed by atoms with Crippen LogP contribution in [-0.2, 0) is 0 Å². The minimum absolute atomic E-state index is 0.189. The number of piperazine rings is 1. The standard InChI is InChI=1S/C20H25FN2O3/c1-25-19-8-4-5-9-20(19)26-15-16(24)14-22-10-12-23(13-11-22)18-7-3-2-6-17(18)21/h2-9,16,24H,10-15H2,1H3/t16-/m0/s1. The molecule has 140 valence electrons. The molecule has 2 aromatic carbocycles. The third kappa shape index (κ3) is 4.65. The molecule has 6 heteroatoms. The van der Waals surface area contributed by atoms with Crippen LogP contribution in [0.15, 0.2) is 48.5 Å². The molecule has 0 saturated carbocycles. The van der Waals surface area contributed by atoms with E-state index < -0.39 is 6.10 Å². The Morgan fingerprint density at radius 3 is 2.35 bits per heavy atom. The summed E-state index contributed by atoms with van der Waals surface area (Å²) in [5.41, 5.74) is 0.646. The fourth-order valence-corrected chi connectivity index (χ4v) is 3.15. The van der Waals surface area contributed by atoms with Gasteiger partial charge < -0.3 is 19.5 Å². The second kappa shape index (κ2) is 8.87. The zero-order chi connectivity index (χ0) is 18.4. The lowest BCUT2D eigenvalue weighted by Crippen LogP contribution is -2.49. The van der Waals surface area contributed by atoms with Gasteiger partial charge in [0.15, 0.2) is 11.5 Å². The zero-order valence-electron chi connectivity index (χ0n) is 15.0. The molecule has 0 aliphatic carbocycles. The molecule has 3 rings (SSSR count). The molecule has 0 amide bonds. The first kappa shape index (κ1) is 18.5. The Bertz CT molecular complexity index is 705. The number of aliphatic hydroxyl groups is 1. The van der Waals surface area contributed by atoms with Crippen molar-refractivity contribution in [1.82, 2.24) is 4.90 Å². The van der Waals surface area contributed by atoms with Crippen molar-refractivity contribution in [2.24, 2.45) is 0 Å². The van der Waals surface area contributed by atoms with Crippen molar-refractivity contribution < 1.29 is 19.0 Å². The molecule has 1 fully saturated rings. The molecule has 0 spiro atoms. The van der Waals surface area contributed by atoms with Gasteiger partial charge in [-0.25, -0.2) is 4.39 Å². The highest BCUT2D eigenvalue weighted by molar-refractivity contribution is 5.48. The summed E-state index contributed by atoms with van der Waals surface area (Å²) in [4.78, 5) is 4.22. The predicted octanol–water partition coefficient (Wildman–Crippen LogP) is 2.40. The van der Waals surface area contributed by atoms with Crippen LogP contribution in [0.25, 0.3) is 0 Å². The van der Waals surface area contributed by atoms with Gasteiger partial charge in [-0.15, -0.1) is 0 Å². The third-order valence-electron chi connectivity index (χ3n) is 4.53. The van der Waals surface area contributed by atoms with Crippen molar-refractivity contribution in [3.8, 4) is 11.5 Å². The van der Waals surface area contributed by atoms with E-state index in [1.807, 2.05) is 35.2 Å². The van der Waals surface area contributed by atoms with Crippen molar-refractivity contribution in [3.63, 3.8) is 0 Å². The molecule has 0 unspecified atom stereocenters. The third-order valence-corrected chi connectivity index (χ3v) is 4.53. The zero-order valence-corrected chi connectivity index (χ0v) is 15.0. The maximum absolute atomic E-state index is 13.9. The van der Waals surface area contributed by atoms with Gasteiger partial charge >= 0.3 is 0 Å². The normalized spacial score (nSPS) is 16.3. The highest BCUT2D eigenvalue weighted by Crippen LogP contribution is 2.26. The van der Waals surface area contributed by atoms with E-state index in [1.165, 1.54) is 6.07 Å². The average Bonchev–Trinajstić information content (AvgIpc) is 2.68. The van der Waals surface area contributed by atoms with Gasteiger partial charge in [0.05, 0.1) is 12.8 Å². The van der Waals surface area contributed by atoms with Gasteiger partial charge in [0.1, 0.15) is 18.5 Å². The largest absolute Gasteiger partial charge is 0.493 e. The summed E-state index contributed by atoms with van der Waals surface area (Å²) < 4.78 is 24.8. The number of aliphatic hydroxyl groups excluding tert-OH is 1. The number of hydrogen-bond donors (Lipinski definition) is 1. The summed E-state index contributed by atoms with van der Waals surface area (Å²) in [6.07, 6.45) is -0.597. The van der Waals surface area contributed by atoms with E-state index >= 15 is 0 Å². The van der Waals surface area contributed by atoms with E-state index in [0.29, 0.717) is 23.7 Å². The summed E-state index contributed by atoms with van der Waals surface area (Å²) in [5.74, 6) is 1.09. The number of hydrogen-bond acceptors (Lipinski definition) is 5. The molecule has 1 N–H and O–H groups in total. The van der Waals surface area contributed by atoms with Crippen LogP contribution in [-0.4, -0.2) is 62.6 Å². The van der Waals surface area contributed by atoms with Crippen molar-refractivity contribution in [2.75, 3.05) is 51.3 Å². The smallest absolute Gasteiger partial charge is 0.161 e. The number of rotatable bonds is 7. The number of anilines is 1. The molecule has 0 aromatic heterocycles. The molecular weight excluding hydrogens is 335 g/mol. The molecule has 1 atom stereocenters. The maximum Gasteiger partial charge on any atom is 0.161 e. The summed E-state index contributed by atoms with van der Waals surface area (Å²) in [6.45, 7) is 3.76. The predicted molar refractivity (Wildman–Crippen MR) is 99.5 cm³/mol. The van der Waals surface area contributed by atoms with Crippen LogP contribution in [0.1, 0.15) is 0 Å². The summed E-state index contributed by atoms with van der Waals surface area (Å²) in [6, 6.07) is 14.2. The van der Waals surface area contributed by atoms with E-state index in [2.05, 4.69) is 4.90 Å². The van der Waals surface area contributed by atoms with Crippen molar-refractivity contribution in [1.29, 1.82) is 0 Å². The quantitative estimate of drug-likeness (QED) is 0.822. The van der Waals surface area contributed by atoms with Crippen molar-refractivity contribution in [3.05, 3.63) is 54.3 Å². The molecule has 1 aliphatic rings. The number of ether oxygens (including phenoxy) is 2. The number of nitrogens with zero attached hydrogens (tertiary/aromatic N) is 2. The minimum Gasteiger partial charge on any atom is -0.493 e. The topological polar surface area (TPSA) is 45.2 Å². The molecule has 1 saturated heterocycles. The van der Waals surface area contributed by atoms with Gasteiger partial charge in [-0.3, -0.25) is 4.90 Å².